The van der Waals surface area contributed by atoms with Crippen LogP contribution in [-0.2, 0) is 20.7 Å². The predicted molar refractivity (Wildman–Crippen MR) is 109 cm³/mol. The smallest absolute Gasteiger partial charge is 0.328 e. The number of para-hydroxylation sites is 1. The Bertz CT molecular complexity index is 997. The number of benzene rings is 2. The fourth-order valence-corrected chi connectivity index (χ4v) is 3.10. The van der Waals surface area contributed by atoms with Gasteiger partial charge in [0, 0.05) is 42.0 Å². The molecule has 1 heterocycles. The molecule has 7 heteroatoms. The van der Waals surface area contributed by atoms with Gasteiger partial charge in [0.25, 0.3) is 5.91 Å². The first kappa shape index (κ1) is 20.1. The summed E-state index contributed by atoms with van der Waals surface area (Å²) in [7, 11) is 1.29. The Morgan fingerprint density at radius 3 is 2.52 bits per heavy atom. The number of ether oxygens (including phenoxy) is 1. The van der Waals surface area contributed by atoms with Crippen LogP contribution in [0.2, 0.25) is 0 Å². The normalized spacial score (nSPS) is 11.6. The highest BCUT2D eigenvalue weighted by molar-refractivity contribution is 5.94. The highest BCUT2D eigenvalue weighted by Gasteiger charge is 2.23. The lowest BCUT2D eigenvalue weighted by atomic mass is 10.0. The van der Waals surface area contributed by atoms with Gasteiger partial charge in [0.15, 0.2) is 0 Å². The molecule has 0 saturated carbocycles. The second kappa shape index (κ2) is 9.54. The van der Waals surface area contributed by atoms with Crippen molar-refractivity contribution in [2.45, 2.75) is 18.9 Å². The Morgan fingerprint density at radius 1 is 1.03 bits per heavy atom. The summed E-state index contributed by atoms with van der Waals surface area (Å²) in [5, 5.41) is 6.39. The van der Waals surface area contributed by atoms with Gasteiger partial charge in [-0.15, -0.1) is 0 Å². The average molecular weight is 393 g/mol. The standard InChI is InChI=1S/C22H23N3O4/c1-29-22(28)19(13-16-14-24-18-10-6-5-9-17(16)18)25-20(26)11-12-23-21(27)15-7-3-2-4-8-15/h2-10,14,19,24H,11-13H2,1H3,(H,23,27)(H,25,26). The van der Waals surface area contributed by atoms with E-state index in [9.17, 15) is 14.4 Å². The summed E-state index contributed by atoms with van der Waals surface area (Å²) in [6.45, 7) is 0.167. The van der Waals surface area contributed by atoms with E-state index < -0.39 is 12.0 Å². The van der Waals surface area contributed by atoms with E-state index in [-0.39, 0.29) is 24.8 Å². The van der Waals surface area contributed by atoms with E-state index in [0.29, 0.717) is 12.0 Å². The Labute approximate surface area is 168 Å². The second-order valence-electron chi connectivity index (χ2n) is 6.58. The number of H-pyrrole nitrogens is 1. The number of esters is 1. The van der Waals surface area contributed by atoms with Crippen molar-refractivity contribution in [1.29, 1.82) is 0 Å². The van der Waals surface area contributed by atoms with Gasteiger partial charge < -0.3 is 20.4 Å². The molecule has 0 radical (unpaired) electrons. The van der Waals surface area contributed by atoms with E-state index in [1.807, 2.05) is 36.5 Å². The SMILES string of the molecule is COC(=O)C(Cc1c[nH]c2ccccc12)NC(=O)CCNC(=O)c1ccccc1. The molecule has 7 nitrogen and oxygen atoms in total. The zero-order valence-corrected chi connectivity index (χ0v) is 16.1. The summed E-state index contributed by atoms with van der Waals surface area (Å²) < 4.78 is 4.84. The third kappa shape index (κ3) is 5.22. The first-order valence-corrected chi connectivity index (χ1v) is 9.34. The minimum absolute atomic E-state index is 0.0555. The molecule has 0 spiro atoms. The third-order valence-electron chi connectivity index (χ3n) is 4.59. The maximum Gasteiger partial charge on any atom is 0.328 e. The van der Waals surface area contributed by atoms with Gasteiger partial charge in [-0.05, 0) is 23.8 Å². The summed E-state index contributed by atoms with van der Waals surface area (Å²) >= 11 is 0. The Morgan fingerprint density at radius 2 is 1.76 bits per heavy atom. The lowest BCUT2D eigenvalue weighted by Crippen LogP contribution is -2.44. The van der Waals surface area contributed by atoms with Gasteiger partial charge in [0.1, 0.15) is 6.04 Å². The van der Waals surface area contributed by atoms with E-state index >= 15 is 0 Å². The number of methoxy groups -OCH3 is 1. The number of hydrogen-bond acceptors (Lipinski definition) is 4. The Kier molecular flexibility index (Phi) is 6.63. The lowest BCUT2D eigenvalue weighted by Gasteiger charge is -2.16. The van der Waals surface area contributed by atoms with E-state index in [1.165, 1.54) is 7.11 Å². The van der Waals surface area contributed by atoms with Crippen LogP contribution >= 0.6 is 0 Å². The zero-order valence-electron chi connectivity index (χ0n) is 16.1. The average Bonchev–Trinajstić information content (AvgIpc) is 3.16. The van der Waals surface area contributed by atoms with E-state index in [4.69, 9.17) is 4.74 Å². The first-order chi connectivity index (χ1) is 14.1. The van der Waals surface area contributed by atoms with Crippen LogP contribution in [0.4, 0.5) is 0 Å². The number of fused-ring (bicyclic) bond motifs is 1. The molecule has 0 aliphatic heterocycles. The van der Waals surface area contributed by atoms with Crippen LogP contribution in [0.15, 0.2) is 60.8 Å². The molecule has 150 valence electrons. The molecule has 29 heavy (non-hydrogen) atoms. The summed E-state index contributed by atoms with van der Waals surface area (Å²) in [6, 6.07) is 15.7. The topological polar surface area (TPSA) is 100 Å². The molecule has 3 rings (SSSR count). The quantitative estimate of drug-likeness (QED) is 0.511. The molecule has 1 unspecified atom stereocenters. The van der Waals surface area contributed by atoms with Crippen LogP contribution in [0.25, 0.3) is 10.9 Å². The van der Waals surface area contributed by atoms with Crippen LogP contribution in [0.5, 0.6) is 0 Å². The van der Waals surface area contributed by atoms with Crippen molar-refractivity contribution in [3.63, 3.8) is 0 Å². The molecule has 0 saturated heterocycles. The van der Waals surface area contributed by atoms with Gasteiger partial charge in [-0.2, -0.15) is 0 Å². The molecule has 1 atom stereocenters. The monoisotopic (exact) mass is 393 g/mol. The maximum absolute atomic E-state index is 12.3. The van der Waals surface area contributed by atoms with Crippen LogP contribution in [0, 0.1) is 0 Å². The van der Waals surface area contributed by atoms with Crippen LogP contribution in [0.1, 0.15) is 22.3 Å². The number of nitrogens with one attached hydrogen (secondary N) is 3. The molecule has 0 aliphatic rings. The van der Waals surface area contributed by atoms with E-state index in [0.717, 1.165) is 16.5 Å². The van der Waals surface area contributed by atoms with Crippen LogP contribution in [0.3, 0.4) is 0 Å². The molecule has 2 aromatic carbocycles. The molecular formula is C22H23N3O4. The van der Waals surface area contributed by atoms with Crippen molar-refractivity contribution < 1.29 is 19.1 Å². The minimum Gasteiger partial charge on any atom is -0.467 e. The van der Waals surface area contributed by atoms with Gasteiger partial charge in [-0.3, -0.25) is 9.59 Å². The fraction of sp³-hybridized carbons (Fsp3) is 0.227. The minimum atomic E-state index is -0.809. The molecular weight excluding hydrogens is 370 g/mol. The molecule has 0 bridgehead atoms. The third-order valence-corrected chi connectivity index (χ3v) is 4.59. The number of aromatic nitrogens is 1. The first-order valence-electron chi connectivity index (χ1n) is 9.34. The van der Waals surface area contributed by atoms with Crippen molar-refractivity contribution >= 4 is 28.7 Å². The fourth-order valence-electron chi connectivity index (χ4n) is 3.10. The number of carbonyl (C=O) groups is 3. The molecule has 2 amide bonds. The number of amides is 2. The van der Waals surface area contributed by atoms with Gasteiger partial charge in [0.2, 0.25) is 5.91 Å². The summed E-state index contributed by atoms with van der Waals surface area (Å²) in [6.07, 6.45) is 2.19. The highest BCUT2D eigenvalue weighted by Crippen LogP contribution is 2.19. The Balaban J connectivity index is 1.56. The summed E-state index contributed by atoms with van der Waals surface area (Å²) in [4.78, 5) is 39.6. The summed E-state index contributed by atoms with van der Waals surface area (Å²) in [5.74, 6) is -1.10. The number of hydrogen-bond donors (Lipinski definition) is 3. The van der Waals surface area contributed by atoms with Crippen LogP contribution in [-0.4, -0.2) is 42.5 Å². The number of rotatable bonds is 8. The van der Waals surface area contributed by atoms with E-state index in [1.54, 1.807) is 24.3 Å². The number of carbonyl (C=O) groups excluding carboxylic acids is 3. The molecule has 3 aromatic rings. The lowest BCUT2D eigenvalue weighted by molar-refractivity contribution is -0.145. The van der Waals surface area contributed by atoms with Gasteiger partial charge in [0.05, 0.1) is 7.11 Å². The van der Waals surface area contributed by atoms with Crippen molar-refractivity contribution in [1.82, 2.24) is 15.6 Å². The van der Waals surface area contributed by atoms with Gasteiger partial charge in [-0.25, -0.2) is 4.79 Å². The van der Waals surface area contributed by atoms with Crippen molar-refractivity contribution in [3.05, 3.63) is 71.9 Å². The molecule has 0 fully saturated rings. The second-order valence-corrected chi connectivity index (χ2v) is 6.58. The van der Waals surface area contributed by atoms with Gasteiger partial charge in [-0.1, -0.05) is 36.4 Å². The Hall–Kier alpha value is -3.61. The highest BCUT2D eigenvalue weighted by atomic mass is 16.5. The molecule has 3 N–H and O–H groups in total. The van der Waals surface area contributed by atoms with Crippen molar-refractivity contribution in [2.75, 3.05) is 13.7 Å². The molecule has 1 aromatic heterocycles. The number of aromatic amines is 1. The van der Waals surface area contributed by atoms with Gasteiger partial charge >= 0.3 is 5.97 Å². The zero-order chi connectivity index (χ0) is 20.6. The van der Waals surface area contributed by atoms with Crippen LogP contribution < -0.4 is 10.6 Å². The summed E-state index contributed by atoms with van der Waals surface area (Å²) in [5.41, 5.74) is 2.40. The van der Waals surface area contributed by atoms with Crippen molar-refractivity contribution in [2.24, 2.45) is 0 Å². The van der Waals surface area contributed by atoms with Crippen molar-refractivity contribution in [3.8, 4) is 0 Å². The molecule has 0 aliphatic carbocycles. The maximum atomic E-state index is 12.3. The predicted octanol–water partition coefficient (Wildman–Crippen LogP) is 2.19. The van der Waals surface area contributed by atoms with E-state index in [2.05, 4.69) is 15.6 Å². The largest absolute Gasteiger partial charge is 0.467 e.